The SMILES string of the molecule is CCNc1ccnc(-c2cccc(C(=O)N(CC)CCn3cccn3)c2)n1. The van der Waals surface area contributed by atoms with Gasteiger partial charge in [-0.25, -0.2) is 9.97 Å². The maximum absolute atomic E-state index is 12.9. The third-order valence-corrected chi connectivity index (χ3v) is 4.21. The van der Waals surface area contributed by atoms with Gasteiger partial charge in [0.05, 0.1) is 6.54 Å². The molecule has 0 unspecified atom stereocenters. The van der Waals surface area contributed by atoms with Crippen molar-refractivity contribution in [3.8, 4) is 11.4 Å². The highest BCUT2D eigenvalue weighted by Crippen LogP contribution is 2.19. The number of anilines is 1. The molecule has 2 heterocycles. The van der Waals surface area contributed by atoms with Crippen molar-refractivity contribution in [1.82, 2.24) is 24.6 Å². The third-order valence-electron chi connectivity index (χ3n) is 4.21. The standard InChI is InChI=1S/C20H24N6O/c1-3-21-18-9-11-22-19(24-18)16-7-5-8-17(15-16)20(27)25(4-2)13-14-26-12-6-10-23-26/h5-12,15H,3-4,13-14H2,1-2H3,(H,21,22,24). The number of carbonyl (C=O) groups is 1. The highest BCUT2D eigenvalue weighted by molar-refractivity contribution is 5.95. The molecule has 2 aromatic heterocycles. The zero-order chi connectivity index (χ0) is 19.1. The van der Waals surface area contributed by atoms with Crippen LogP contribution in [0.4, 0.5) is 5.82 Å². The largest absolute Gasteiger partial charge is 0.370 e. The molecular weight excluding hydrogens is 340 g/mol. The van der Waals surface area contributed by atoms with Crippen LogP contribution in [0.2, 0.25) is 0 Å². The highest BCUT2D eigenvalue weighted by atomic mass is 16.2. The van der Waals surface area contributed by atoms with Gasteiger partial charge in [-0.3, -0.25) is 9.48 Å². The van der Waals surface area contributed by atoms with Gasteiger partial charge in [-0.1, -0.05) is 12.1 Å². The Labute approximate surface area is 159 Å². The highest BCUT2D eigenvalue weighted by Gasteiger charge is 2.15. The quantitative estimate of drug-likeness (QED) is 0.665. The minimum Gasteiger partial charge on any atom is -0.370 e. The smallest absolute Gasteiger partial charge is 0.253 e. The maximum atomic E-state index is 12.9. The van der Waals surface area contributed by atoms with E-state index in [0.29, 0.717) is 31.0 Å². The normalized spacial score (nSPS) is 10.6. The van der Waals surface area contributed by atoms with Crippen LogP contribution in [-0.2, 0) is 6.54 Å². The minimum absolute atomic E-state index is 0.00524. The summed E-state index contributed by atoms with van der Waals surface area (Å²) in [4.78, 5) is 23.6. The van der Waals surface area contributed by atoms with E-state index in [1.807, 2.05) is 66.0 Å². The zero-order valence-corrected chi connectivity index (χ0v) is 15.7. The number of nitrogens with zero attached hydrogens (tertiary/aromatic N) is 5. The first kappa shape index (κ1) is 18.6. The van der Waals surface area contributed by atoms with E-state index in [2.05, 4.69) is 20.4 Å². The van der Waals surface area contributed by atoms with E-state index in [0.717, 1.165) is 17.9 Å². The summed E-state index contributed by atoms with van der Waals surface area (Å²) in [5, 5.41) is 7.37. The van der Waals surface area contributed by atoms with Gasteiger partial charge in [0.15, 0.2) is 5.82 Å². The molecule has 7 heteroatoms. The lowest BCUT2D eigenvalue weighted by Crippen LogP contribution is -2.33. The lowest BCUT2D eigenvalue weighted by Gasteiger charge is -2.21. The molecule has 0 radical (unpaired) electrons. The first-order valence-electron chi connectivity index (χ1n) is 9.15. The van der Waals surface area contributed by atoms with Crippen LogP contribution >= 0.6 is 0 Å². The van der Waals surface area contributed by atoms with Crippen LogP contribution < -0.4 is 5.32 Å². The van der Waals surface area contributed by atoms with E-state index >= 15 is 0 Å². The summed E-state index contributed by atoms with van der Waals surface area (Å²) in [6.07, 6.45) is 5.36. The van der Waals surface area contributed by atoms with E-state index in [1.54, 1.807) is 12.4 Å². The molecule has 0 aliphatic heterocycles. The second-order valence-electron chi connectivity index (χ2n) is 6.03. The summed E-state index contributed by atoms with van der Waals surface area (Å²) in [5.41, 5.74) is 1.45. The van der Waals surface area contributed by atoms with Crippen molar-refractivity contribution in [1.29, 1.82) is 0 Å². The monoisotopic (exact) mass is 364 g/mol. The number of aromatic nitrogens is 4. The average Bonchev–Trinajstić information content (AvgIpc) is 3.22. The Hall–Kier alpha value is -3.22. The van der Waals surface area contributed by atoms with Crippen LogP contribution in [0.1, 0.15) is 24.2 Å². The van der Waals surface area contributed by atoms with Crippen LogP contribution in [0.15, 0.2) is 55.0 Å². The topological polar surface area (TPSA) is 75.9 Å². The van der Waals surface area contributed by atoms with Crippen LogP contribution in [0.3, 0.4) is 0 Å². The van der Waals surface area contributed by atoms with Gasteiger partial charge in [0.25, 0.3) is 5.91 Å². The number of rotatable bonds is 8. The lowest BCUT2D eigenvalue weighted by atomic mass is 10.1. The second kappa shape index (κ2) is 8.93. The molecular formula is C20H24N6O. The molecule has 3 rings (SSSR count). The third kappa shape index (κ3) is 4.69. The molecule has 0 aliphatic rings. The maximum Gasteiger partial charge on any atom is 0.253 e. The molecule has 0 saturated carbocycles. The Morgan fingerprint density at radius 1 is 1.19 bits per heavy atom. The fraction of sp³-hybridized carbons (Fsp3) is 0.300. The number of hydrogen-bond acceptors (Lipinski definition) is 5. The van der Waals surface area contributed by atoms with Gasteiger partial charge in [0.1, 0.15) is 5.82 Å². The van der Waals surface area contributed by atoms with Gasteiger partial charge >= 0.3 is 0 Å². The number of nitrogens with one attached hydrogen (secondary N) is 1. The van der Waals surface area contributed by atoms with Gasteiger partial charge in [-0.2, -0.15) is 5.10 Å². The van der Waals surface area contributed by atoms with Crippen LogP contribution in [0, 0.1) is 0 Å². The van der Waals surface area contributed by atoms with E-state index in [1.165, 1.54) is 0 Å². The Morgan fingerprint density at radius 2 is 2.07 bits per heavy atom. The van der Waals surface area contributed by atoms with Crippen molar-refractivity contribution in [2.75, 3.05) is 25.0 Å². The average molecular weight is 364 g/mol. The van der Waals surface area contributed by atoms with Crippen molar-refractivity contribution >= 4 is 11.7 Å². The Kier molecular flexibility index (Phi) is 6.14. The Balaban J connectivity index is 1.77. The first-order chi connectivity index (χ1) is 13.2. The van der Waals surface area contributed by atoms with E-state index < -0.39 is 0 Å². The second-order valence-corrected chi connectivity index (χ2v) is 6.03. The predicted molar refractivity (Wildman–Crippen MR) is 105 cm³/mol. The van der Waals surface area contributed by atoms with Gasteiger partial charge in [-0.05, 0) is 38.1 Å². The molecule has 0 atom stereocenters. The summed E-state index contributed by atoms with van der Waals surface area (Å²) in [6.45, 7) is 6.69. The number of likely N-dealkylation sites (N-methyl/N-ethyl adjacent to an activating group) is 1. The van der Waals surface area contributed by atoms with E-state index in [4.69, 9.17) is 0 Å². The number of amides is 1. The molecule has 27 heavy (non-hydrogen) atoms. The molecule has 0 fully saturated rings. The van der Waals surface area contributed by atoms with E-state index in [9.17, 15) is 4.79 Å². The molecule has 1 N–H and O–H groups in total. The predicted octanol–water partition coefficient (Wildman–Crippen LogP) is 2.93. The lowest BCUT2D eigenvalue weighted by molar-refractivity contribution is 0.0757. The number of carbonyl (C=O) groups excluding carboxylic acids is 1. The zero-order valence-electron chi connectivity index (χ0n) is 15.7. The van der Waals surface area contributed by atoms with Gasteiger partial charge in [0.2, 0.25) is 0 Å². The summed E-state index contributed by atoms with van der Waals surface area (Å²) in [6, 6.07) is 11.2. The van der Waals surface area contributed by atoms with Crippen molar-refractivity contribution < 1.29 is 4.79 Å². The summed E-state index contributed by atoms with van der Waals surface area (Å²) in [5.74, 6) is 1.37. The minimum atomic E-state index is -0.00524. The van der Waals surface area contributed by atoms with Crippen LogP contribution in [-0.4, -0.2) is 50.2 Å². The molecule has 3 aromatic rings. The summed E-state index contributed by atoms with van der Waals surface area (Å²) >= 11 is 0. The molecule has 0 saturated heterocycles. The summed E-state index contributed by atoms with van der Waals surface area (Å²) < 4.78 is 1.83. The number of hydrogen-bond donors (Lipinski definition) is 1. The Bertz CT molecular complexity index is 878. The molecule has 0 bridgehead atoms. The van der Waals surface area contributed by atoms with Crippen molar-refractivity contribution in [2.24, 2.45) is 0 Å². The van der Waals surface area contributed by atoms with Crippen molar-refractivity contribution in [2.45, 2.75) is 20.4 Å². The molecule has 0 spiro atoms. The molecule has 7 nitrogen and oxygen atoms in total. The van der Waals surface area contributed by atoms with Crippen LogP contribution in [0.25, 0.3) is 11.4 Å². The molecule has 140 valence electrons. The van der Waals surface area contributed by atoms with Gasteiger partial charge < -0.3 is 10.2 Å². The first-order valence-corrected chi connectivity index (χ1v) is 9.15. The Morgan fingerprint density at radius 3 is 2.81 bits per heavy atom. The molecule has 1 aromatic carbocycles. The number of benzene rings is 1. The van der Waals surface area contributed by atoms with Gasteiger partial charge in [0, 0.05) is 49.4 Å². The van der Waals surface area contributed by atoms with Crippen LogP contribution in [0.5, 0.6) is 0 Å². The molecule has 1 amide bonds. The summed E-state index contributed by atoms with van der Waals surface area (Å²) in [7, 11) is 0. The van der Waals surface area contributed by atoms with Crippen molar-refractivity contribution in [3.05, 3.63) is 60.6 Å². The fourth-order valence-corrected chi connectivity index (χ4v) is 2.81. The van der Waals surface area contributed by atoms with Gasteiger partial charge in [-0.15, -0.1) is 0 Å². The fourth-order valence-electron chi connectivity index (χ4n) is 2.81. The molecule has 0 aliphatic carbocycles. The van der Waals surface area contributed by atoms with E-state index in [-0.39, 0.29) is 5.91 Å². The van der Waals surface area contributed by atoms with Crippen molar-refractivity contribution in [3.63, 3.8) is 0 Å².